The van der Waals surface area contributed by atoms with E-state index in [1.54, 1.807) is 26.8 Å². The molecule has 2 aromatic rings. The van der Waals surface area contributed by atoms with Crippen LogP contribution in [0.5, 0.6) is 0 Å². The van der Waals surface area contributed by atoms with Gasteiger partial charge in [-0.25, -0.2) is 4.79 Å². The highest BCUT2D eigenvalue weighted by Crippen LogP contribution is 2.10. The molecule has 0 saturated heterocycles. The Labute approximate surface area is 103 Å². The molecular weight excluding hydrogens is 238 g/mol. The number of aromatic nitrogens is 3. The summed E-state index contributed by atoms with van der Waals surface area (Å²) in [6.45, 7) is 5.18. The van der Waals surface area contributed by atoms with Gasteiger partial charge in [-0.1, -0.05) is 10.3 Å². The molecule has 1 atom stereocenters. The van der Waals surface area contributed by atoms with Gasteiger partial charge >= 0.3 is 6.03 Å². The van der Waals surface area contributed by atoms with E-state index in [9.17, 15) is 4.79 Å². The number of nitrogens with one attached hydrogen (secondary N) is 2. The van der Waals surface area contributed by atoms with E-state index in [0.29, 0.717) is 23.3 Å². The molecule has 0 aliphatic rings. The Balaban J connectivity index is 1.91. The lowest BCUT2D eigenvalue weighted by molar-refractivity contribution is 0.245. The number of hydrogen-bond acceptors (Lipinski definition) is 6. The Hall–Kier alpha value is -2.38. The third-order valence-electron chi connectivity index (χ3n) is 2.13. The van der Waals surface area contributed by atoms with Crippen molar-refractivity contribution in [1.29, 1.82) is 0 Å². The summed E-state index contributed by atoms with van der Waals surface area (Å²) in [5.74, 6) is 1.83. The van der Waals surface area contributed by atoms with E-state index in [1.165, 1.54) is 0 Å². The molecule has 0 bridgehead atoms. The molecule has 0 fully saturated rings. The van der Waals surface area contributed by atoms with Crippen molar-refractivity contribution >= 4 is 11.8 Å². The molecule has 2 amide bonds. The first-order chi connectivity index (χ1) is 8.54. The summed E-state index contributed by atoms with van der Waals surface area (Å²) in [6.07, 6.45) is 0. The van der Waals surface area contributed by atoms with Crippen LogP contribution in [0.3, 0.4) is 0 Å². The number of urea groups is 1. The zero-order valence-corrected chi connectivity index (χ0v) is 10.2. The minimum absolute atomic E-state index is 0.346. The number of carbonyl (C=O) groups is 1. The fraction of sp³-hybridized carbons (Fsp3) is 0.400. The third kappa shape index (κ3) is 2.84. The van der Waals surface area contributed by atoms with Crippen LogP contribution in [0.25, 0.3) is 0 Å². The molecule has 8 heteroatoms. The van der Waals surface area contributed by atoms with Crippen molar-refractivity contribution in [3.8, 4) is 0 Å². The van der Waals surface area contributed by atoms with Gasteiger partial charge in [0, 0.05) is 6.07 Å². The first-order valence-corrected chi connectivity index (χ1v) is 5.35. The number of rotatable bonds is 3. The van der Waals surface area contributed by atoms with E-state index in [4.69, 9.17) is 9.05 Å². The van der Waals surface area contributed by atoms with Gasteiger partial charge in [0.25, 0.3) is 0 Å². The topological polar surface area (TPSA) is 106 Å². The minimum atomic E-state index is -0.424. The Morgan fingerprint density at radius 1 is 1.33 bits per heavy atom. The molecule has 8 nitrogen and oxygen atoms in total. The molecule has 2 heterocycles. The Morgan fingerprint density at radius 3 is 2.67 bits per heavy atom. The van der Waals surface area contributed by atoms with Crippen molar-refractivity contribution in [2.45, 2.75) is 26.8 Å². The molecule has 0 aliphatic heterocycles. The second-order valence-electron chi connectivity index (χ2n) is 3.82. The lowest BCUT2D eigenvalue weighted by Crippen LogP contribution is -2.31. The molecule has 2 rings (SSSR count). The average molecular weight is 251 g/mol. The van der Waals surface area contributed by atoms with Gasteiger partial charge < -0.3 is 14.4 Å². The maximum atomic E-state index is 11.6. The standard InChI is InChI=1S/C10H13N5O3/c1-5-4-8(15-17-5)13-10(16)11-6(2)9-12-7(3)14-18-9/h4,6H,1-3H3,(H2,11,13,15,16). The summed E-state index contributed by atoms with van der Waals surface area (Å²) >= 11 is 0. The number of carbonyl (C=O) groups excluding carboxylic acids is 1. The summed E-state index contributed by atoms with van der Waals surface area (Å²) in [7, 11) is 0. The molecular formula is C10H13N5O3. The lowest BCUT2D eigenvalue weighted by atomic mass is 10.3. The van der Waals surface area contributed by atoms with E-state index < -0.39 is 6.03 Å². The van der Waals surface area contributed by atoms with Gasteiger partial charge in [0.15, 0.2) is 11.6 Å². The molecule has 0 aromatic carbocycles. The van der Waals surface area contributed by atoms with Crippen molar-refractivity contribution in [3.05, 3.63) is 23.5 Å². The number of amides is 2. The second kappa shape index (κ2) is 4.86. The average Bonchev–Trinajstić information content (AvgIpc) is 2.87. The molecule has 0 radical (unpaired) electrons. The van der Waals surface area contributed by atoms with Gasteiger partial charge in [-0.15, -0.1) is 0 Å². The van der Waals surface area contributed by atoms with E-state index in [2.05, 4.69) is 25.9 Å². The van der Waals surface area contributed by atoms with Crippen LogP contribution < -0.4 is 10.6 Å². The molecule has 0 saturated carbocycles. The maximum absolute atomic E-state index is 11.6. The molecule has 18 heavy (non-hydrogen) atoms. The van der Waals surface area contributed by atoms with E-state index in [-0.39, 0.29) is 6.04 Å². The maximum Gasteiger partial charge on any atom is 0.321 e. The van der Waals surface area contributed by atoms with Crippen LogP contribution >= 0.6 is 0 Å². The minimum Gasteiger partial charge on any atom is -0.360 e. The van der Waals surface area contributed by atoms with Crippen molar-refractivity contribution in [2.75, 3.05) is 5.32 Å². The molecule has 0 aliphatic carbocycles. The summed E-state index contributed by atoms with van der Waals surface area (Å²) in [6, 6.07) is 0.798. The molecule has 0 spiro atoms. The van der Waals surface area contributed by atoms with Crippen LogP contribution in [0.4, 0.5) is 10.6 Å². The molecule has 1 unspecified atom stereocenters. The van der Waals surface area contributed by atoms with E-state index in [0.717, 1.165) is 0 Å². The first kappa shape index (κ1) is 12.1. The van der Waals surface area contributed by atoms with Gasteiger partial charge in [0.1, 0.15) is 11.8 Å². The monoisotopic (exact) mass is 251 g/mol. The normalized spacial score (nSPS) is 12.2. The smallest absolute Gasteiger partial charge is 0.321 e. The van der Waals surface area contributed by atoms with E-state index in [1.807, 2.05) is 0 Å². The van der Waals surface area contributed by atoms with Gasteiger partial charge in [0.2, 0.25) is 5.89 Å². The molecule has 96 valence electrons. The SMILES string of the molecule is Cc1noc(C(C)NC(=O)Nc2cc(C)on2)n1. The fourth-order valence-corrected chi connectivity index (χ4v) is 1.33. The van der Waals surface area contributed by atoms with Crippen LogP contribution in [-0.2, 0) is 0 Å². The highest BCUT2D eigenvalue weighted by Gasteiger charge is 2.16. The van der Waals surface area contributed by atoms with Gasteiger partial charge in [-0.3, -0.25) is 5.32 Å². The summed E-state index contributed by atoms with van der Waals surface area (Å²) in [4.78, 5) is 15.6. The number of hydrogen-bond donors (Lipinski definition) is 2. The Kier molecular flexibility index (Phi) is 3.26. The van der Waals surface area contributed by atoms with Crippen LogP contribution in [0.1, 0.15) is 30.4 Å². The predicted octanol–water partition coefficient (Wildman–Crippen LogP) is 1.56. The first-order valence-electron chi connectivity index (χ1n) is 5.35. The second-order valence-corrected chi connectivity index (χ2v) is 3.82. The van der Waals surface area contributed by atoms with Gasteiger partial charge in [-0.2, -0.15) is 4.98 Å². The quantitative estimate of drug-likeness (QED) is 0.857. The van der Waals surface area contributed by atoms with Crippen molar-refractivity contribution in [3.63, 3.8) is 0 Å². The van der Waals surface area contributed by atoms with E-state index >= 15 is 0 Å². The number of aryl methyl sites for hydroxylation is 2. The van der Waals surface area contributed by atoms with Crippen molar-refractivity contribution < 1.29 is 13.8 Å². The largest absolute Gasteiger partial charge is 0.360 e. The molecule has 2 N–H and O–H groups in total. The zero-order valence-electron chi connectivity index (χ0n) is 10.2. The van der Waals surface area contributed by atoms with Gasteiger partial charge in [-0.05, 0) is 20.8 Å². The lowest BCUT2D eigenvalue weighted by Gasteiger charge is -2.09. The van der Waals surface area contributed by atoms with Crippen LogP contribution in [0.15, 0.2) is 15.1 Å². The van der Waals surface area contributed by atoms with Crippen LogP contribution in [-0.4, -0.2) is 21.3 Å². The van der Waals surface area contributed by atoms with Crippen molar-refractivity contribution in [2.24, 2.45) is 0 Å². The van der Waals surface area contributed by atoms with Crippen molar-refractivity contribution in [1.82, 2.24) is 20.6 Å². The Morgan fingerprint density at radius 2 is 2.11 bits per heavy atom. The fourth-order valence-electron chi connectivity index (χ4n) is 1.33. The summed E-state index contributed by atoms with van der Waals surface area (Å²) < 4.78 is 9.77. The van der Waals surface area contributed by atoms with Crippen LogP contribution in [0, 0.1) is 13.8 Å². The summed E-state index contributed by atoms with van der Waals surface area (Å²) in [5.41, 5.74) is 0. The summed E-state index contributed by atoms with van der Waals surface area (Å²) in [5, 5.41) is 12.5. The number of nitrogens with zero attached hydrogens (tertiary/aromatic N) is 3. The number of anilines is 1. The third-order valence-corrected chi connectivity index (χ3v) is 2.13. The van der Waals surface area contributed by atoms with Crippen LogP contribution in [0.2, 0.25) is 0 Å². The zero-order chi connectivity index (χ0) is 13.1. The predicted molar refractivity (Wildman–Crippen MR) is 60.8 cm³/mol. The van der Waals surface area contributed by atoms with Gasteiger partial charge in [0.05, 0.1) is 0 Å². The highest BCUT2D eigenvalue weighted by atomic mass is 16.5. The Bertz CT molecular complexity index is 547. The highest BCUT2D eigenvalue weighted by molar-refractivity contribution is 5.88. The molecule has 2 aromatic heterocycles.